The summed E-state index contributed by atoms with van der Waals surface area (Å²) in [6.07, 6.45) is 2.73. The van der Waals surface area contributed by atoms with Crippen LogP contribution in [-0.4, -0.2) is 45.1 Å². The highest BCUT2D eigenvalue weighted by atomic mass is 16.4. The van der Waals surface area contributed by atoms with Crippen molar-refractivity contribution >= 4 is 22.8 Å². The molecule has 1 aromatic carbocycles. The molecule has 0 saturated carbocycles. The molecule has 2 aromatic rings. The Kier molecular flexibility index (Phi) is 6.42. The Morgan fingerprint density at radius 3 is 2.50 bits per heavy atom. The molecule has 0 spiro atoms. The van der Waals surface area contributed by atoms with E-state index in [-0.39, 0.29) is 18.2 Å². The van der Waals surface area contributed by atoms with Crippen LogP contribution in [0.3, 0.4) is 0 Å². The molecule has 6 nitrogen and oxygen atoms in total. The van der Waals surface area contributed by atoms with E-state index >= 15 is 0 Å². The average Bonchev–Trinajstić information content (AvgIpc) is 2.90. The highest BCUT2D eigenvalue weighted by Gasteiger charge is 2.32. The highest BCUT2D eigenvalue weighted by molar-refractivity contribution is 5.88. The number of nitrogens with two attached hydrogens (primary N) is 1. The van der Waals surface area contributed by atoms with Gasteiger partial charge < -0.3 is 20.3 Å². The summed E-state index contributed by atoms with van der Waals surface area (Å²) < 4.78 is 1.98. The minimum absolute atomic E-state index is 0.255. The third kappa shape index (κ3) is 4.25. The number of nitrogens with zero attached hydrogens (tertiary/aromatic N) is 2. The first-order chi connectivity index (χ1) is 12.3. The average molecular weight is 359 g/mol. The topological polar surface area (TPSA) is 88.6 Å². The van der Waals surface area contributed by atoms with Crippen molar-refractivity contribution in [3.63, 3.8) is 0 Å². The predicted octanol–water partition coefficient (Wildman–Crippen LogP) is 2.40. The molecule has 1 heterocycles. The second-order valence-electron chi connectivity index (χ2n) is 7.20. The number of rotatable bonds is 8. The molecular formula is C20H29N3O3. The van der Waals surface area contributed by atoms with Crippen LogP contribution in [0, 0.1) is 5.92 Å². The van der Waals surface area contributed by atoms with Crippen LogP contribution in [0.1, 0.15) is 32.8 Å². The van der Waals surface area contributed by atoms with Gasteiger partial charge in [-0.3, -0.25) is 4.79 Å². The van der Waals surface area contributed by atoms with Crippen molar-refractivity contribution in [2.45, 2.75) is 45.7 Å². The van der Waals surface area contributed by atoms with Gasteiger partial charge in [-0.25, -0.2) is 4.79 Å². The monoisotopic (exact) mass is 359 g/mol. The molecule has 1 aromatic heterocycles. The van der Waals surface area contributed by atoms with Crippen molar-refractivity contribution in [1.82, 2.24) is 9.47 Å². The number of carbonyl (C=O) groups excluding carboxylic acids is 1. The molecule has 2 rings (SSSR count). The summed E-state index contributed by atoms with van der Waals surface area (Å²) in [4.78, 5) is 26.1. The Balaban J connectivity index is 2.31. The lowest BCUT2D eigenvalue weighted by atomic mass is 10.00. The molecule has 0 aliphatic carbocycles. The Labute approximate surface area is 154 Å². The molecule has 2 unspecified atom stereocenters. The van der Waals surface area contributed by atoms with Crippen LogP contribution in [0.2, 0.25) is 0 Å². The molecule has 0 aliphatic heterocycles. The number of fused-ring (bicyclic) bond motifs is 1. The van der Waals surface area contributed by atoms with Crippen LogP contribution in [0.25, 0.3) is 10.9 Å². The second-order valence-corrected chi connectivity index (χ2v) is 7.20. The number of aryl methyl sites for hydroxylation is 1. The number of carboxylic acid groups (broad SMARTS) is 1. The molecule has 2 atom stereocenters. The highest BCUT2D eigenvalue weighted by Crippen LogP contribution is 2.23. The minimum Gasteiger partial charge on any atom is -0.480 e. The van der Waals surface area contributed by atoms with E-state index in [1.807, 2.05) is 55.9 Å². The third-order valence-electron chi connectivity index (χ3n) is 4.72. The van der Waals surface area contributed by atoms with Crippen molar-refractivity contribution in [2.75, 3.05) is 6.54 Å². The van der Waals surface area contributed by atoms with E-state index in [0.717, 1.165) is 16.5 Å². The SMILES string of the molecule is CCN(C(=O)C(N)CC(C)C)C(Cc1cn(C)c2ccccc12)C(=O)O. The van der Waals surface area contributed by atoms with Gasteiger partial charge in [0.2, 0.25) is 5.91 Å². The fraction of sp³-hybridized carbons (Fsp3) is 0.500. The molecule has 3 N–H and O–H groups in total. The molecular weight excluding hydrogens is 330 g/mol. The van der Waals surface area contributed by atoms with Crippen molar-refractivity contribution in [3.8, 4) is 0 Å². The van der Waals surface area contributed by atoms with Crippen LogP contribution < -0.4 is 5.73 Å². The van der Waals surface area contributed by atoms with Gasteiger partial charge >= 0.3 is 5.97 Å². The van der Waals surface area contributed by atoms with Gasteiger partial charge in [0.1, 0.15) is 6.04 Å². The maximum Gasteiger partial charge on any atom is 0.326 e. The van der Waals surface area contributed by atoms with Gasteiger partial charge in [-0.15, -0.1) is 0 Å². The number of para-hydroxylation sites is 1. The summed E-state index contributed by atoms with van der Waals surface area (Å²) in [5, 5.41) is 10.8. The van der Waals surface area contributed by atoms with Crippen molar-refractivity contribution < 1.29 is 14.7 Å². The van der Waals surface area contributed by atoms with Crippen molar-refractivity contribution in [3.05, 3.63) is 36.0 Å². The summed E-state index contributed by atoms with van der Waals surface area (Å²) in [5.74, 6) is -1.03. The van der Waals surface area contributed by atoms with Crippen LogP contribution in [0.15, 0.2) is 30.5 Å². The summed E-state index contributed by atoms with van der Waals surface area (Å²) in [6.45, 7) is 6.09. The molecule has 26 heavy (non-hydrogen) atoms. The van der Waals surface area contributed by atoms with Gasteiger partial charge in [0, 0.05) is 37.1 Å². The number of benzene rings is 1. The normalized spacial score (nSPS) is 13.8. The summed E-state index contributed by atoms with van der Waals surface area (Å²) in [7, 11) is 1.93. The quantitative estimate of drug-likeness (QED) is 0.757. The number of aromatic nitrogens is 1. The van der Waals surface area contributed by atoms with Crippen molar-refractivity contribution in [2.24, 2.45) is 18.7 Å². The van der Waals surface area contributed by atoms with E-state index in [9.17, 15) is 14.7 Å². The van der Waals surface area contributed by atoms with Crippen LogP contribution in [0.5, 0.6) is 0 Å². The predicted molar refractivity (Wildman–Crippen MR) is 103 cm³/mol. The first kappa shape index (κ1) is 20.0. The first-order valence-electron chi connectivity index (χ1n) is 9.08. The maximum atomic E-state index is 12.7. The smallest absolute Gasteiger partial charge is 0.326 e. The largest absolute Gasteiger partial charge is 0.480 e. The fourth-order valence-electron chi connectivity index (χ4n) is 3.48. The number of amides is 1. The van der Waals surface area contributed by atoms with Crippen LogP contribution in [-0.2, 0) is 23.1 Å². The lowest BCUT2D eigenvalue weighted by Crippen LogP contribution is -2.52. The molecule has 142 valence electrons. The molecule has 0 bridgehead atoms. The third-order valence-corrected chi connectivity index (χ3v) is 4.72. The van der Waals surface area contributed by atoms with Gasteiger partial charge in [-0.1, -0.05) is 32.0 Å². The Morgan fingerprint density at radius 1 is 1.27 bits per heavy atom. The maximum absolute atomic E-state index is 12.7. The zero-order valence-corrected chi connectivity index (χ0v) is 16.0. The van der Waals surface area contributed by atoms with E-state index in [0.29, 0.717) is 13.0 Å². The summed E-state index contributed by atoms with van der Waals surface area (Å²) >= 11 is 0. The Bertz CT molecular complexity index is 782. The van der Waals surface area contributed by atoms with E-state index in [2.05, 4.69) is 0 Å². The van der Waals surface area contributed by atoms with Gasteiger partial charge in [0.05, 0.1) is 6.04 Å². The van der Waals surface area contributed by atoms with Crippen LogP contribution >= 0.6 is 0 Å². The lowest BCUT2D eigenvalue weighted by Gasteiger charge is -2.30. The number of hydrogen-bond acceptors (Lipinski definition) is 3. The minimum atomic E-state index is -1.01. The number of carbonyl (C=O) groups is 2. The summed E-state index contributed by atoms with van der Waals surface area (Å²) in [5.41, 5.74) is 7.99. The van der Waals surface area contributed by atoms with Crippen LogP contribution in [0.4, 0.5) is 0 Å². The molecule has 0 radical (unpaired) electrons. The van der Waals surface area contributed by atoms with Gasteiger partial charge in [-0.05, 0) is 30.9 Å². The fourth-order valence-corrected chi connectivity index (χ4v) is 3.48. The molecule has 0 fully saturated rings. The zero-order valence-electron chi connectivity index (χ0n) is 16.0. The Hall–Kier alpha value is -2.34. The molecule has 1 amide bonds. The zero-order chi connectivity index (χ0) is 19.4. The number of likely N-dealkylation sites (N-methyl/N-ethyl adjacent to an activating group) is 1. The standard InChI is InChI=1S/C20H29N3O3/c1-5-23(19(24)16(21)10-13(2)3)18(20(25)26)11-14-12-22(4)17-9-7-6-8-15(14)17/h6-9,12-13,16,18H,5,10-11,21H2,1-4H3,(H,25,26). The van der Waals surface area contributed by atoms with Gasteiger partial charge in [0.25, 0.3) is 0 Å². The summed E-state index contributed by atoms with van der Waals surface area (Å²) in [6, 6.07) is 6.25. The van der Waals surface area contributed by atoms with Gasteiger partial charge in [-0.2, -0.15) is 0 Å². The number of carboxylic acids is 1. The van der Waals surface area contributed by atoms with E-state index in [1.54, 1.807) is 6.92 Å². The number of hydrogen-bond donors (Lipinski definition) is 2. The van der Waals surface area contributed by atoms with E-state index in [4.69, 9.17) is 5.73 Å². The Morgan fingerprint density at radius 2 is 1.92 bits per heavy atom. The molecule has 0 aliphatic rings. The number of aliphatic carboxylic acids is 1. The lowest BCUT2D eigenvalue weighted by molar-refractivity contribution is -0.150. The van der Waals surface area contributed by atoms with Gasteiger partial charge in [0.15, 0.2) is 0 Å². The molecule has 6 heteroatoms. The van der Waals surface area contributed by atoms with Crippen molar-refractivity contribution in [1.29, 1.82) is 0 Å². The van der Waals surface area contributed by atoms with E-state index < -0.39 is 18.1 Å². The first-order valence-corrected chi connectivity index (χ1v) is 9.08. The molecule has 0 saturated heterocycles. The van der Waals surface area contributed by atoms with E-state index in [1.165, 1.54) is 4.90 Å². The second kappa shape index (κ2) is 8.36.